The largest absolute Gasteiger partial charge is 0.481 e. The Bertz CT molecular complexity index is 383. The molecule has 0 bridgehead atoms. The number of rotatable bonds is 7. The standard InChI is InChI=1S/C17H31NO4/c1-11(2)14-7-6-12(3)8-15(14)22-10-16(19)18(5)9-13(4)17(20)21/h11-15H,6-10H2,1-5H3,(H,20,21). The highest BCUT2D eigenvalue weighted by atomic mass is 16.5. The number of carboxylic acids is 1. The van der Waals surface area contributed by atoms with Crippen molar-refractivity contribution in [2.45, 2.75) is 53.1 Å². The number of nitrogens with zero attached hydrogens (tertiary/aromatic N) is 1. The summed E-state index contributed by atoms with van der Waals surface area (Å²) in [6.45, 7) is 8.51. The van der Waals surface area contributed by atoms with Crippen LogP contribution in [0, 0.1) is 23.7 Å². The first-order chi connectivity index (χ1) is 10.2. The molecule has 1 aliphatic carbocycles. The van der Waals surface area contributed by atoms with Crippen LogP contribution in [0.2, 0.25) is 0 Å². The summed E-state index contributed by atoms with van der Waals surface area (Å²) in [4.78, 5) is 24.4. The quantitative estimate of drug-likeness (QED) is 0.784. The maximum absolute atomic E-state index is 12.1. The summed E-state index contributed by atoms with van der Waals surface area (Å²) < 4.78 is 5.91. The lowest BCUT2D eigenvalue weighted by Crippen LogP contribution is -2.40. The number of amides is 1. The minimum Gasteiger partial charge on any atom is -0.481 e. The smallest absolute Gasteiger partial charge is 0.308 e. The van der Waals surface area contributed by atoms with Crippen LogP contribution in [0.25, 0.3) is 0 Å². The molecule has 5 nitrogen and oxygen atoms in total. The van der Waals surface area contributed by atoms with Gasteiger partial charge in [-0.15, -0.1) is 0 Å². The molecule has 1 amide bonds. The lowest BCUT2D eigenvalue weighted by Gasteiger charge is -2.37. The van der Waals surface area contributed by atoms with Gasteiger partial charge in [-0.2, -0.15) is 0 Å². The maximum Gasteiger partial charge on any atom is 0.308 e. The van der Waals surface area contributed by atoms with Crippen molar-refractivity contribution in [1.82, 2.24) is 4.90 Å². The van der Waals surface area contributed by atoms with Crippen LogP contribution < -0.4 is 0 Å². The Balaban J connectivity index is 2.48. The van der Waals surface area contributed by atoms with E-state index in [0.29, 0.717) is 17.8 Å². The minimum atomic E-state index is -0.887. The van der Waals surface area contributed by atoms with E-state index in [1.807, 2.05) is 0 Å². The van der Waals surface area contributed by atoms with Crippen LogP contribution >= 0.6 is 0 Å². The van der Waals surface area contributed by atoms with Gasteiger partial charge in [-0.3, -0.25) is 9.59 Å². The Morgan fingerprint density at radius 3 is 2.45 bits per heavy atom. The topological polar surface area (TPSA) is 66.8 Å². The molecule has 0 heterocycles. The van der Waals surface area contributed by atoms with Crippen molar-refractivity contribution in [3.05, 3.63) is 0 Å². The zero-order valence-electron chi connectivity index (χ0n) is 14.5. The van der Waals surface area contributed by atoms with Crippen LogP contribution in [0.4, 0.5) is 0 Å². The van der Waals surface area contributed by atoms with Gasteiger partial charge in [-0.05, 0) is 30.6 Å². The highest BCUT2D eigenvalue weighted by Crippen LogP contribution is 2.35. The van der Waals surface area contributed by atoms with Crippen LogP contribution in [0.5, 0.6) is 0 Å². The van der Waals surface area contributed by atoms with Gasteiger partial charge in [0.25, 0.3) is 0 Å². The molecular formula is C17H31NO4. The average Bonchev–Trinajstić information content (AvgIpc) is 2.43. The molecule has 1 aliphatic rings. The number of carboxylic acid groups (broad SMARTS) is 1. The van der Waals surface area contributed by atoms with Gasteiger partial charge in [0.15, 0.2) is 0 Å². The first-order valence-electron chi connectivity index (χ1n) is 8.30. The van der Waals surface area contributed by atoms with E-state index in [1.54, 1.807) is 14.0 Å². The molecule has 128 valence electrons. The van der Waals surface area contributed by atoms with Gasteiger partial charge < -0.3 is 14.7 Å². The Morgan fingerprint density at radius 2 is 1.91 bits per heavy atom. The number of hydrogen-bond donors (Lipinski definition) is 1. The van der Waals surface area contributed by atoms with Gasteiger partial charge in [0.2, 0.25) is 5.91 Å². The Hall–Kier alpha value is -1.10. The van der Waals surface area contributed by atoms with Crippen LogP contribution in [0.15, 0.2) is 0 Å². The van der Waals surface area contributed by atoms with Crippen molar-refractivity contribution in [3.8, 4) is 0 Å². The summed E-state index contributed by atoms with van der Waals surface area (Å²) in [5, 5.41) is 8.90. The third kappa shape index (κ3) is 5.59. The lowest BCUT2D eigenvalue weighted by molar-refractivity contribution is -0.145. The van der Waals surface area contributed by atoms with E-state index < -0.39 is 11.9 Å². The second-order valence-corrected chi connectivity index (χ2v) is 7.19. The normalized spacial score (nSPS) is 26.7. The molecule has 22 heavy (non-hydrogen) atoms. The number of carbonyl (C=O) groups is 2. The minimum absolute atomic E-state index is 0.0451. The van der Waals surface area contributed by atoms with Gasteiger partial charge in [-0.1, -0.05) is 34.1 Å². The Labute approximate surface area is 134 Å². The lowest BCUT2D eigenvalue weighted by atomic mass is 9.75. The van der Waals surface area contributed by atoms with Crippen LogP contribution in [0.3, 0.4) is 0 Å². The van der Waals surface area contributed by atoms with E-state index in [9.17, 15) is 9.59 Å². The van der Waals surface area contributed by atoms with Crippen molar-refractivity contribution in [1.29, 1.82) is 0 Å². The summed E-state index contributed by atoms with van der Waals surface area (Å²) in [5.41, 5.74) is 0. The van der Waals surface area contributed by atoms with Crippen LogP contribution in [-0.4, -0.2) is 48.2 Å². The number of hydrogen-bond acceptors (Lipinski definition) is 3. The van der Waals surface area contributed by atoms with Crippen LogP contribution in [0.1, 0.15) is 47.0 Å². The molecule has 5 heteroatoms. The Kier molecular flexibility index (Phi) is 7.33. The second-order valence-electron chi connectivity index (χ2n) is 7.19. The molecule has 1 saturated carbocycles. The first kappa shape index (κ1) is 18.9. The van der Waals surface area contributed by atoms with Gasteiger partial charge in [-0.25, -0.2) is 0 Å². The van der Waals surface area contributed by atoms with Gasteiger partial charge in [0.05, 0.1) is 12.0 Å². The molecule has 1 fully saturated rings. The molecule has 4 atom stereocenters. The second kappa shape index (κ2) is 8.51. The molecule has 0 aromatic rings. The number of likely N-dealkylation sites (N-methyl/N-ethyl adjacent to an activating group) is 1. The zero-order chi connectivity index (χ0) is 16.9. The molecule has 0 radical (unpaired) electrons. The molecule has 0 aromatic heterocycles. The molecular weight excluding hydrogens is 282 g/mol. The summed E-state index contributed by atoms with van der Waals surface area (Å²) in [6, 6.07) is 0. The average molecular weight is 313 g/mol. The van der Waals surface area contributed by atoms with E-state index in [0.717, 1.165) is 12.8 Å². The summed E-state index contributed by atoms with van der Waals surface area (Å²) in [7, 11) is 1.63. The zero-order valence-corrected chi connectivity index (χ0v) is 14.5. The fourth-order valence-electron chi connectivity index (χ4n) is 3.19. The van der Waals surface area contributed by atoms with E-state index in [-0.39, 0.29) is 25.2 Å². The third-order valence-electron chi connectivity index (χ3n) is 4.78. The highest BCUT2D eigenvalue weighted by molar-refractivity contribution is 5.78. The van der Waals surface area contributed by atoms with E-state index in [2.05, 4.69) is 20.8 Å². The van der Waals surface area contributed by atoms with Crippen LogP contribution in [-0.2, 0) is 14.3 Å². The molecule has 4 unspecified atom stereocenters. The van der Waals surface area contributed by atoms with E-state index >= 15 is 0 Å². The molecule has 0 aliphatic heterocycles. The summed E-state index contributed by atoms with van der Waals surface area (Å²) >= 11 is 0. The summed E-state index contributed by atoms with van der Waals surface area (Å²) in [6.07, 6.45) is 3.53. The number of ether oxygens (including phenoxy) is 1. The number of aliphatic carboxylic acids is 1. The molecule has 1 rings (SSSR count). The molecule has 0 aromatic carbocycles. The van der Waals surface area contributed by atoms with Gasteiger partial charge in [0.1, 0.15) is 6.61 Å². The monoisotopic (exact) mass is 313 g/mol. The molecule has 0 saturated heterocycles. The van der Waals surface area contributed by atoms with Crippen molar-refractivity contribution in [3.63, 3.8) is 0 Å². The Morgan fingerprint density at radius 1 is 1.27 bits per heavy atom. The van der Waals surface area contributed by atoms with Gasteiger partial charge in [0, 0.05) is 13.6 Å². The van der Waals surface area contributed by atoms with Crippen molar-refractivity contribution >= 4 is 11.9 Å². The first-order valence-corrected chi connectivity index (χ1v) is 8.30. The molecule has 0 spiro atoms. The SMILES string of the molecule is CC1CCC(C(C)C)C(OCC(=O)N(C)CC(C)C(=O)O)C1. The predicted molar refractivity (Wildman–Crippen MR) is 85.5 cm³/mol. The van der Waals surface area contributed by atoms with Crippen molar-refractivity contribution in [2.24, 2.45) is 23.7 Å². The van der Waals surface area contributed by atoms with E-state index in [4.69, 9.17) is 9.84 Å². The van der Waals surface area contributed by atoms with Gasteiger partial charge >= 0.3 is 5.97 Å². The maximum atomic E-state index is 12.1. The number of carbonyl (C=O) groups excluding carboxylic acids is 1. The highest BCUT2D eigenvalue weighted by Gasteiger charge is 2.32. The van der Waals surface area contributed by atoms with E-state index in [1.165, 1.54) is 11.3 Å². The molecule has 1 N–H and O–H groups in total. The fourth-order valence-corrected chi connectivity index (χ4v) is 3.19. The fraction of sp³-hybridized carbons (Fsp3) is 0.882. The summed E-state index contributed by atoms with van der Waals surface area (Å²) in [5.74, 6) is 0.104. The predicted octanol–water partition coefficient (Wildman–Crippen LogP) is 2.64. The van der Waals surface area contributed by atoms with Crippen molar-refractivity contribution < 1.29 is 19.4 Å². The van der Waals surface area contributed by atoms with Crippen molar-refractivity contribution in [2.75, 3.05) is 20.2 Å². The third-order valence-corrected chi connectivity index (χ3v) is 4.78.